The molecule has 0 radical (unpaired) electrons. The number of hydrogen-bond donors (Lipinski definition) is 1. The fourth-order valence-corrected chi connectivity index (χ4v) is 1.59. The molecule has 2 aromatic rings. The molecule has 2 rings (SSSR count). The highest BCUT2D eigenvalue weighted by Gasteiger charge is 1.98. The number of aliphatic imine (C=N–C) groups is 1. The molecule has 3 heteroatoms. The van der Waals surface area contributed by atoms with Gasteiger partial charge in [-0.05, 0) is 42.3 Å². The van der Waals surface area contributed by atoms with Gasteiger partial charge in [0.15, 0.2) is 0 Å². The van der Waals surface area contributed by atoms with E-state index in [0.717, 1.165) is 11.3 Å². The molecule has 0 bridgehead atoms. The van der Waals surface area contributed by atoms with E-state index < -0.39 is 5.91 Å². The molecule has 0 spiro atoms. The summed E-state index contributed by atoms with van der Waals surface area (Å²) in [4.78, 5) is 15.3. The largest absolute Gasteiger partial charge is 0.366 e. The first-order valence-corrected chi connectivity index (χ1v) is 5.66. The minimum atomic E-state index is -0.426. The molecule has 0 saturated heterocycles. The summed E-state index contributed by atoms with van der Waals surface area (Å²) in [6.07, 6.45) is 1.81. The summed E-state index contributed by atoms with van der Waals surface area (Å²) in [6.45, 7) is 2.04. The number of nitrogens with zero attached hydrogens (tertiary/aromatic N) is 1. The van der Waals surface area contributed by atoms with E-state index in [1.54, 1.807) is 24.3 Å². The van der Waals surface area contributed by atoms with Gasteiger partial charge in [0.2, 0.25) is 5.91 Å². The molecule has 90 valence electrons. The fourth-order valence-electron chi connectivity index (χ4n) is 1.59. The summed E-state index contributed by atoms with van der Waals surface area (Å²) >= 11 is 0. The molecule has 18 heavy (non-hydrogen) atoms. The summed E-state index contributed by atoms with van der Waals surface area (Å²) in [5, 5.41) is 0. The van der Waals surface area contributed by atoms with Crippen LogP contribution in [0.1, 0.15) is 21.5 Å². The second-order valence-electron chi connectivity index (χ2n) is 4.03. The molecule has 2 N–H and O–H groups in total. The Morgan fingerprint density at radius 2 is 1.78 bits per heavy atom. The van der Waals surface area contributed by atoms with Crippen molar-refractivity contribution in [2.24, 2.45) is 10.7 Å². The van der Waals surface area contributed by atoms with Gasteiger partial charge < -0.3 is 5.73 Å². The summed E-state index contributed by atoms with van der Waals surface area (Å²) in [6, 6.07) is 14.9. The van der Waals surface area contributed by atoms with Crippen molar-refractivity contribution in [3.63, 3.8) is 0 Å². The van der Waals surface area contributed by atoms with Crippen LogP contribution in [0, 0.1) is 6.92 Å². The van der Waals surface area contributed by atoms with Crippen molar-refractivity contribution in [3.8, 4) is 0 Å². The van der Waals surface area contributed by atoms with Crippen molar-refractivity contribution >= 4 is 17.8 Å². The molecular weight excluding hydrogens is 224 g/mol. The Morgan fingerprint density at radius 1 is 1.11 bits per heavy atom. The molecule has 0 saturated carbocycles. The molecule has 0 unspecified atom stereocenters. The molecule has 0 atom stereocenters. The molecule has 1 amide bonds. The number of aryl methyl sites for hydroxylation is 1. The molecule has 0 aliphatic rings. The average molecular weight is 238 g/mol. The van der Waals surface area contributed by atoms with Gasteiger partial charge in [0.05, 0.1) is 5.69 Å². The molecule has 0 fully saturated rings. The van der Waals surface area contributed by atoms with Gasteiger partial charge >= 0.3 is 0 Å². The average Bonchev–Trinajstić information content (AvgIpc) is 2.38. The third-order valence-corrected chi connectivity index (χ3v) is 2.69. The smallest absolute Gasteiger partial charge is 0.248 e. The van der Waals surface area contributed by atoms with Crippen LogP contribution in [0.15, 0.2) is 53.5 Å². The third-order valence-electron chi connectivity index (χ3n) is 2.69. The summed E-state index contributed by atoms with van der Waals surface area (Å²) in [5.74, 6) is -0.426. The standard InChI is InChI=1S/C15H14N2O/c1-11-4-2-3-5-13(11)10-17-14-8-6-12(7-9-14)15(16)18/h2-10H,1H3,(H2,16,18). The van der Waals surface area contributed by atoms with Crippen molar-refractivity contribution in [2.45, 2.75) is 6.92 Å². The number of benzene rings is 2. The maximum Gasteiger partial charge on any atom is 0.248 e. The number of primary amides is 1. The lowest BCUT2D eigenvalue weighted by molar-refractivity contribution is 0.100. The minimum absolute atomic E-state index is 0.426. The predicted octanol–water partition coefficient (Wildman–Crippen LogP) is 2.84. The molecule has 3 nitrogen and oxygen atoms in total. The van der Waals surface area contributed by atoms with Crippen LogP contribution in [0.5, 0.6) is 0 Å². The topological polar surface area (TPSA) is 55.4 Å². The van der Waals surface area contributed by atoms with Crippen molar-refractivity contribution in [3.05, 3.63) is 65.2 Å². The Bertz CT molecular complexity index is 586. The van der Waals surface area contributed by atoms with Gasteiger partial charge in [-0.1, -0.05) is 24.3 Å². The maximum absolute atomic E-state index is 10.9. The van der Waals surface area contributed by atoms with Crippen LogP contribution in [0.4, 0.5) is 5.69 Å². The first-order chi connectivity index (χ1) is 8.66. The van der Waals surface area contributed by atoms with Gasteiger partial charge in [0, 0.05) is 11.8 Å². The van der Waals surface area contributed by atoms with Crippen LogP contribution in [-0.2, 0) is 0 Å². The first kappa shape index (κ1) is 12.0. The van der Waals surface area contributed by atoms with Gasteiger partial charge in [0.1, 0.15) is 0 Å². The molecular formula is C15H14N2O. The lowest BCUT2D eigenvalue weighted by Crippen LogP contribution is -2.10. The number of carbonyl (C=O) groups excluding carboxylic acids is 1. The third kappa shape index (κ3) is 2.83. The number of carbonyl (C=O) groups is 1. The molecule has 2 aromatic carbocycles. The lowest BCUT2D eigenvalue weighted by Gasteiger charge is -1.99. The zero-order valence-electron chi connectivity index (χ0n) is 10.1. The van der Waals surface area contributed by atoms with Gasteiger partial charge in [-0.15, -0.1) is 0 Å². The van der Waals surface area contributed by atoms with E-state index in [9.17, 15) is 4.79 Å². The maximum atomic E-state index is 10.9. The van der Waals surface area contributed by atoms with E-state index in [4.69, 9.17) is 5.73 Å². The van der Waals surface area contributed by atoms with Crippen molar-refractivity contribution in [1.82, 2.24) is 0 Å². The number of amides is 1. The number of nitrogens with two attached hydrogens (primary N) is 1. The van der Waals surface area contributed by atoms with E-state index in [-0.39, 0.29) is 0 Å². The Kier molecular flexibility index (Phi) is 3.53. The number of hydrogen-bond acceptors (Lipinski definition) is 2. The Morgan fingerprint density at radius 3 is 2.39 bits per heavy atom. The predicted molar refractivity (Wildman–Crippen MR) is 73.4 cm³/mol. The molecule has 0 aliphatic carbocycles. The zero-order chi connectivity index (χ0) is 13.0. The van der Waals surface area contributed by atoms with E-state index in [1.807, 2.05) is 37.4 Å². The number of rotatable bonds is 3. The van der Waals surface area contributed by atoms with Crippen LogP contribution in [0.25, 0.3) is 0 Å². The SMILES string of the molecule is Cc1ccccc1C=Nc1ccc(C(N)=O)cc1. The summed E-state index contributed by atoms with van der Waals surface area (Å²) in [7, 11) is 0. The van der Waals surface area contributed by atoms with Crippen LogP contribution < -0.4 is 5.73 Å². The van der Waals surface area contributed by atoms with E-state index in [2.05, 4.69) is 4.99 Å². The highest BCUT2D eigenvalue weighted by atomic mass is 16.1. The minimum Gasteiger partial charge on any atom is -0.366 e. The molecule has 0 aliphatic heterocycles. The Labute approximate surface area is 106 Å². The lowest BCUT2D eigenvalue weighted by atomic mass is 10.1. The Balaban J connectivity index is 2.19. The van der Waals surface area contributed by atoms with Crippen molar-refractivity contribution in [2.75, 3.05) is 0 Å². The van der Waals surface area contributed by atoms with Gasteiger partial charge in [-0.25, -0.2) is 0 Å². The quantitative estimate of drug-likeness (QED) is 0.821. The second kappa shape index (κ2) is 5.27. The van der Waals surface area contributed by atoms with Crippen LogP contribution >= 0.6 is 0 Å². The van der Waals surface area contributed by atoms with Crippen molar-refractivity contribution < 1.29 is 4.79 Å². The fraction of sp³-hybridized carbons (Fsp3) is 0.0667. The molecule has 0 heterocycles. The summed E-state index contributed by atoms with van der Waals surface area (Å²) in [5.41, 5.74) is 8.71. The van der Waals surface area contributed by atoms with E-state index in [0.29, 0.717) is 5.56 Å². The Hall–Kier alpha value is -2.42. The molecule has 0 aromatic heterocycles. The van der Waals surface area contributed by atoms with Gasteiger partial charge in [-0.2, -0.15) is 0 Å². The van der Waals surface area contributed by atoms with Crippen molar-refractivity contribution in [1.29, 1.82) is 0 Å². The van der Waals surface area contributed by atoms with Gasteiger partial charge in [0.25, 0.3) is 0 Å². The highest BCUT2D eigenvalue weighted by molar-refractivity contribution is 5.93. The van der Waals surface area contributed by atoms with Gasteiger partial charge in [-0.3, -0.25) is 9.79 Å². The van der Waals surface area contributed by atoms with Crippen LogP contribution in [-0.4, -0.2) is 12.1 Å². The highest BCUT2D eigenvalue weighted by Crippen LogP contribution is 2.13. The van der Waals surface area contributed by atoms with E-state index in [1.165, 1.54) is 5.56 Å². The monoisotopic (exact) mass is 238 g/mol. The zero-order valence-corrected chi connectivity index (χ0v) is 10.1. The first-order valence-electron chi connectivity index (χ1n) is 5.66. The summed E-state index contributed by atoms with van der Waals surface area (Å²) < 4.78 is 0. The van der Waals surface area contributed by atoms with Crippen LogP contribution in [0.3, 0.4) is 0 Å². The van der Waals surface area contributed by atoms with Crippen LogP contribution in [0.2, 0.25) is 0 Å². The normalized spacial score (nSPS) is 10.7. The second-order valence-corrected chi connectivity index (χ2v) is 4.03. The van der Waals surface area contributed by atoms with E-state index >= 15 is 0 Å².